The number of ether oxygens (including phenoxy) is 1. The van der Waals surface area contributed by atoms with Crippen molar-refractivity contribution in [2.75, 3.05) is 18.0 Å². The summed E-state index contributed by atoms with van der Waals surface area (Å²) in [6.45, 7) is 6.21. The highest BCUT2D eigenvalue weighted by Crippen LogP contribution is 2.24. The minimum atomic E-state index is -3.64. The van der Waals surface area contributed by atoms with E-state index in [1.165, 1.54) is 4.90 Å². The van der Waals surface area contributed by atoms with Gasteiger partial charge in [0, 0.05) is 12.2 Å². The molecule has 1 unspecified atom stereocenters. The molecule has 1 heterocycles. The lowest BCUT2D eigenvalue weighted by molar-refractivity contribution is 0.143. The first-order valence-electron chi connectivity index (χ1n) is 8.38. The Labute approximate surface area is 153 Å². The standard InChI is InChI=1S/C19H22N2O4S/c1-13-4-8-18(9-5-13)26(23,24)20-11-17-12-21(19(22)25-17)16-7-6-14(2)15(3)10-16/h4-10,17,20H,11-12H2,1-3H3. The number of aryl methyl sites for hydroxylation is 3. The predicted molar refractivity (Wildman–Crippen MR) is 99.9 cm³/mol. The van der Waals surface area contributed by atoms with E-state index in [0.717, 1.165) is 22.4 Å². The summed E-state index contributed by atoms with van der Waals surface area (Å²) in [6, 6.07) is 12.3. The Bertz CT molecular complexity index is 923. The monoisotopic (exact) mass is 374 g/mol. The summed E-state index contributed by atoms with van der Waals surface area (Å²) >= 11 is 0. The topological polar surface area (TPSA) is 75.7 Å². The van der Waals surface area contributed by atoms with Crippen molar-refractivity contribution >= 4 is 21.8 Å². The Morgan fingerprint density at radius 3 is 2.42 bits per heavy atom. The highest BCUT2D eigenvalue weighted by atomic mass is 32.2. The lowest BCUT2D eigenvalue weighted by Crippen LogP contribution is -2.34. The Kier molecular flexibility index (Phi) is 5.02. The van der Waals surface area contributed by atoms with Crippen LogP contribution in [0.25, 0.3) is 0 Å². The number of hydrogen-bond donors (Lipinski definition) is 1. The molecule has 0 spiro atoms. The molecule has 0 aromatic heterocycles. The number of anilines is 1. The van der Waals surface area contributed by atoms with Gasteiger partial charge in [-0.05, 0) is 56.2 Å². The molecule has 0 saturated carbocycles. The molecule has 6 nitrogen and oxygen atoms in total. The van der Waals surface area contributed by atoms with E-state index in [0.29, 0.717) is 6.54 Å². The zero-order chi connectivity index (χ0) is 18.9. The van der Waals surface area contributed by atoms with E-state index >= 15 is 0 Å². The normalized spacial score (nSPS) is 17.4. The highest BCUT2D eigenvalue weighted by Gasteiger charge is 2.33. The number of carbonyl (C=O) groups is 1. The number of sulfonamides is 1. The van der Waals surface area contributed by atoms with Crippen molar-refractivity contribution in [2.45, 2.75) is 31.8 Å². The number of hydrogen-bond acceptors (Lipinski definition) is 4. The molecule has 2 aromatic carbocycles. The van der Waals surface area contributed by atoms with Gasteiger partial charge in [-0.1, -0.05) is 23.8 Å². The number of nitrogens with one attached hydrogen (secondary N) is 1. The van der Waals surface area contributed by atoms with Crippen LogP contribution in [0, 0.1) is 20.8 Å². The molecular formula is C19H22N2O4S. The molecule has 1 N–H and O–H groups in total. The molecule has 138 valence electrons. The molecule has 1 aliphatic rings. The second-order valence-corrected chi connectivity index (χ2v) is 8.32. The molecule has 1 saturated heterocycles. The molecule has 7 heteroatoms. The van der Waals surface area contributed by atoms with Gasteiger partial charge in [0.2, 0.25) is 10.0 Å². The summed E-state index contributed by atoms with van der Waals surface area (Å²) < 4.78 is 32.5. The van der Waals surface area contributed by atoms with Gasteiger partial charge >= 0.3 is 6.09 Å². The maximum atomic E-state index is 12.4. The van der Waals surface area contributed by atoms with Crippen molar-refractivity contribution in [2.24, 2.45) is 0 Å². The quantitative estimate of drug-likeness (QED) is 0.873. The van der Waals surface area contributed by atoms with Gasteiger partial charge in [0.25, 0.3) is 0 Å². The van der Waals surface area contributed by atoms with Crippen molar-refractivity contribution in [3.63, 3.8) is 0 Å². The van der Waals surface area contributed by atoms with Crippen molar-refractivity contribution < 1.29 is 17.9 Å². The fourth-order valence-corrected chi connectivity index (χ4v) is 3.80. The van der Waals surface area contributed by atoms with Crippen molar-refractivity contribution in [1.29, 1.82) is 0 Å². The Balaban J connectivity index is 1.65. The number of amides is 1. The number of cyclic esters (lactones) is 1. The molecular weight excluding hydrogens is 352 g/mol. The number of nitrogens with zero attached hydrogens (tertiary/aromatic N) is 1. The van der Waals surface area contributed by atoms with Gasteiger partial charge < -0.3 is 4.74 Å². The lowest BCUT2D eigenvalue weighted by Gasteiger charge is -2.14. The average molecular weight is 374 g/mol. The molecule has 0 aliphatic carbocycles. The first-order chi connectivity index (χ1) is 12.3. The van der Waals surface area contributed by atoms with Crippen LogP contribution in [0.3, 0.4) is 0 Å². The zero-order valence-electron chi connectivity index (χ0n) is 15.0. The maximum absolute atomic E-state index is 12.4. The smallest absolute Gasteiger partial charge is 0.414 e. The Morgan fingerprint density at radius 2 is 1.77 bits per heavy atom. The average Bonchev–Trinajstić information content (AvgIpc) is 2.97. The number of carbonyl (C=O) groups excluding carboxylic acids is 1. The van der Waals surface area contributed by atoms with Crippen LogP contribution in [-0.4, -0.2) is 33.7 Å². The third kappa shape index (κ3) is 3.89. The first-order valence-corrected chi connectivity index (χ1v) is 9.86. The van der Waals surface area contributed by atoms with E-state index in [1.807, 2.05) is 39.0 Å². The predicted octanol–water partition coefficient (Wildman–Crippen LogP) is 2.92. The third-order valence-corrected chi connectivity index (χ3v) is 5.95. The van der Waals surface area contributed by atoms with Crippen LogP contribution >= 0.6 is 0 Å². The SMILES string of the molecule is Cc1ccc(S(=O)(=O)NCC2CN(c3ccc(C)c(C)c3)C(=O)O2)cc1. The molecule has 0 radical (unpaired) electrons. The maximum Gasteiger partial charge on any atom is 0.414 e. The van der Waals surface area contributed by atoms with Gasteiger partial charge in [0.15, 0.2) is 0 Å². The molecule has 2 aromatic rings. The van der Waals surface area contributed by atoms with Crippen LogP contribution in [0.2, 0.25) is 0 Å². The van der Waals surface area contributed by atoms with E-state index in [2.05, 4.69) is 4.72 Å². The van der Waals surface area contributed by atoms with E-state index in [9.17, 15) is 13.2 Å². The summed E-state index contributed by atoms with van der Waals surface area (Å²) in [7, 11) is -3.64. The number of rotatable bonds is 5. The fourth-order valence-electron chi connectivity index (χ4n) is 2.74. The van der Waals surface area contributed by atoms with Gasteiger partial charge in [-0.15, -0.1) is 0 Å². The third-order valence-electron chi connectivity index (χ3n) is 4.51. The number of benzene rings is 2. The highest BCUT2D eigenvalue weighted by molar-refractivity contribution is 7.89. The van der Waals surface area contributed by atoms with Crippen LogP contribution < -0.4 is 9.62 Å². The first kappa shape index (κ1) is 18.4. The van der Waals surface area contributed by atoms with Crippen molar-refractivity contribution in [1.82, 2.24) is 4.72 Å². The largest absolute Gasteiger partial charge is 0.443 e. The molecule has 1 amide bonds. The van der Waals surface area contributed by atoms with Crippen LogP contribution in [0.1, 0.15) is 16.7 Å². The van der Waals surface area contributed by atoms with Crippen LogP contribution in [0.15, 0.2) is 47.4 Å². The second-order valence-electron chi connectivity index (χ2n) is 6.55. The second kappa shape index (κ2) is 7.09. The molecule has 26 heavy (non-hydrogen) atoms. The minimum Gasteiger partial charge on any atom is -0.443 e. The van der Waals surface area contributed by atoms with E-state index in [4.69, 9.17) is 4.74 Å². The van der Waals surface area contributed by atoms with Gasteiger partial charge in [-0.2, -0.15) is 0 Å². The summed E-state index contributed by atoms with van der Waals surface area (Å²) in [6.07, 6.45) is -1.00. The minimum absolute atomic E-state index is 0.0310. The van der Waals surface area contributed by atoms with Crippen molar-refractivity contribution in [3.05, 3.63) is 59.2 Å². The fraction of sp³-hybridized carbons (Fsp3) is 0.316. The van der Waals surface area contributed by atoms with E-state index in [1.54, 1.807) is 24.3 Å². The van der Waals surface area contributed by atoms with Crippen LogP contribution in [0.5, 0.6) is 0 Å². The van der Waals surface area contributed by atoms with Gasteiger partial charge in [-0.3, -0.25) is 4.90 Å². The van der Waals surface area contributed by atoms with Gasteiger partial charge in [0.1, 0.15) is 6.10 Å². The van der Waals surface area contributed by atoms with Gasteiger partial charge in [0.05, 0.1) is 11.4 Å². The summed E-state index contributed by atoms with van der Waals surface area (Å²) in [5.41, 5.74) is 3.96. The lowest BCUT2D eigenvalue weighted by atomic mass is 10.1. The summed E-state index contributed by atoms with van der Waals surface area (Å²) in [5.74, 6) is 0. The Morgan fingerprint density at radius 1 is 1.08 bits per heavy atom. The molecule has 1 atom stereocenters. The van der Waals surface area contributed by atoms with Crippen LogP contribution in [-0.2, 0) is 14.8 Å². The van der Waals surface area contributed by atoms with Crippen LogP contribution in [0.4, 0.5) is 10.5 Å². The molecule has 1 aliphatic heterocycles. The molecule has 1 fully saturated rings. The molecule has 3 rings (SSSR count). The van der Waals surface area contributed by atoms with Gasteiger partial charge in [-0.25, -0.2) is 17.9 Å². The van der Waals surface area contributed by atoms with E-state index < -0.39 is 22.2 Å². The molecule has 0 bridgehead atoms. The summed E-state index contributed by atoms with van der Waals surface area (Å²) in [4.78, 5) is 13.9. The summed E-state index contributed by atoms with van der Waals surface area (Å²) in [5, 5.41) is 0. The zero-order valence-corrected chi connectivity index (χ0v) is 15.8. The van der Waals surface area contributed by atoms with Crippen molar-refractivity contribution in [3.8, 4) is 0 Å². The van der Waals surface area contributed by atoms with E-state index in [-0.39, 0.29) is 11.4 Å². The Hall–Kier alpha value is -2.38.